The van der Waals surface area contributed by atoms with E-state index in [9.17, 15) is 22.8 Å². The molecule has 0 saturated heterocycles. The molecule has 1 rings (SSSR count). The number of alkyl halides is 1. The molecule has 0 bridgehead atoms. The molecule has 0 amide bonds. The summed E-state index contributed by atoms with van der Waals surface area (Å²) in [6.45, 7) is 3.39. The zero-order valence-corrected chi connectivity index (χ0v) is 32.3. The Morgan fingerprint density at radius 3 is 1.57 bits per heavy atom. The van der Waals surface area contributed by atoms with Gasteiger partial charge in [-0.1, -0.05) is 40.3 Å². The summed E-state index contributed by atoms with van der Waals surface area (Å²) in [6.07, 6.45) is 10.2. The predicted octanol–water partition coefficient (Wildman–Crippen LogP) is -2.67. The molecule has 0 aliphatic carbocycles. The van der Waals surface area contributed by atoms with Gasteiger partial charge >= 0.3 is 29.6 Å². The van der Waals surface area contributed by atoms with E-state index in [0.717, 1.165) is 56.5 Å². The van der Waals surface area contributed by atoms with Gasteiger partial charge in [0.1, 0.15) is 18.9 Å². The van der Waals surface area contributed by atoms with Crippen molar-refractivity contribution >= 4 is 58.0 Å². The summed E-state index contributed by atoms with van der Waals surface area (Å²) >= 11 is 2.31. The number of rotatable bonds is 18. The summed E-state index contributed by atoms with van der Waals surface area (Å²) in [7, 11) is -2.34. The molecule has 0 unspecified atom stereocenters. The minimum Gasteiger partial charge on any atom is -1.00 e. The number of ether oxygens (including phenoxy) is 1. The molecule has 0 aromatic heterocycles. The van der Waals surface area contributed by atoms with Crippen LogP contribution in [0.3, 0.4) is 0 Å². The third kappa shape index (κ3) is 49.6. The van der Waals surface area contributed by atoms with Crippen molar-refractivity contribution in [3.63, 3.8) is 0 Å². The maximum Gasteiger partial charge on any atom is 1.00 e. The van der Waals surface area contributed by atoms with Gasteiger partial charge in [0, 0.05) is 32.5 Å². The SMILES string of the molecule is COC=O.Cc1ccc(S(=O)(=O)OCCCCC=O)cc1.NCCCO.O=CCCCCI.O=CCCCCO.[I-].[Na+]. The van der Waals surface area contributed by atoms with Gasteiger partial charge in [-0.25, -0.2) is 0 Å². The number of benzene rings is 1. The van der Waals surface area contributed by atoms with Crippen LogP contribution < -0.4 is 59.3 Å². The maximum atomic E-state index is 11.7. The number of halogens is 2. The third-order valence-electron chi connectivity index (χ3n) is 4.16. The number of nitrogens with two attached hydrogens (primary N) is 1. The molecule has 0 heterocycles. The molecule has 0 atom stereocenters. The minimum atomic E-state index is -3.65. The van der Waals surface area contributed by atoms with Crippen molar-refractivity contribution < 1.29 is 100 Å². The van der Waals surface area contributed by atoms with E-state index >= 15 is 0 Å². The van der Waals surface area contributed by atoms with Crippen LogP contribution in [0.2, 0.25) is 0 Å². The fraction of sp³-hybridized carbons (Fsp3) is 0.630. The van der Waals surface area contributed by atoms with Gasteiger partial charge < -0.3 is 59.0 Å². The second-order valence-corrected chi connectivity index (χ2v) is 10.4. The first kappa shape index (κ1) is 54.4. The van der Waals surface area contributed by atoms with Crippen molar-refractivity contribution in [2.75, 3.05) is 37.9 Å². The Hall–Kier alpha value is -0.0500. The van der Waals surface area contributed by atoms with Gasteiger partial charge in [-0.15, -0.1) is 0 Å². The van der Waals surface area contributed by atoms with E-state index in [-0.39, 0.29) is 78.3 Å². The Bertz CT molecular complexity index is 774. The standard InChI is InChI=1S/C12H16O4S.C5H9IO.C5H10O2.C3H9NO.C2H4O2.HI.Na/c1-11-5-7-12(8-6-11)17(14,15)16-10-4-2-3-9-13;2*6-4-2-1-3-5-7;4-2-1-3-5;1-4-2-3;;/h5-9H,2-4,10H2,1H3;5H,1-4H2;4,7H,1-3,5H2;5H,1-4H2;2H,1H3;1H;/q;;;;;;+1/p-1. The summed E-state index contributed by atoms with van der Waals surface area (Å²) in [4.78, 5) is 38.5. The number of aliphatic hydroxyl groups is 2. The molecular weight excluding hydrogens is 807 g/mol. The van der Waals surface area contributed by atoms with E-state index in [2.05, 4.69) is 27.3 Å². The molecule has 0 radical (unpaired) electrons. The summed E-state index contributed by atoms with van der Waals surface area (Å²) in [5.74, 6) is 0. The Morgan fingerprint density at radius 2 is 1.24 bits per heavy atom. The Kier molecular flexibility index (Phi) is 62.0. The van der Waals surface area contributed by atoms with E-state index in [0.29, 0.717) is 38.7 Å². The van der Waals surface area contributed by atoms with Crippen molar-refractivity contribution in [1.82, 2.24) is 0 Å². The summed E-state index contributed by atoms with van der Waals surface area (Å²) in [5.41, 5.74) is 5.97. The van der Waals surface area contributed by atoms with E-state index < -0.39 is 10.1 Å². The van der Waals surface area contributed by atoms with E-state index in [1.165, 1.54) is 30.1 Å². The number of hydrogen-bond donors (Lipinski definition) is 3. The fourth-order valence-corrected chi connectivity index (χ4v) is 3.51. The molecule has 1 aromatic rings. The van der Waals surface area contributed by atoms with Crippen LogP contribution >= 0.6 is 22.6 Å². The number of unbranched alkanes of at least 4 members (excludes halogenated alkanes) is 6. The van der Waals surface area contributed by atoms with Crippen molar-refractivity contribution in [1.29, 1.82) is 0 Å². The number of aryl methyl sites for hydroxylation is 1. The summed E-state index contributed by atoms with van der Waals surface area (Å²) < 4.78 is 33.3. The number of methoxy groups -OCH3 is 1. The average Bonchev–Trinajstić information content (AvgIpc) is 2.95. The van der Waals surface area contributed by atoms with Crippen LogP contribution in [0.15, 0.2) is 29.2 Å². The van der Waals surface area contributed by atoms with Crippen LogP contribution in [-0.2, 0) is 38.2 Å². The van der Waals surface area contributed by atoms with E-state index in [4.69, 9.17) is 24.9 Å². The predicted molar refractivity (Wildman–Crippen MR) is 164 cm³/mol. The zero-order valence-electron chi connectivity index (χ0n) is 25.1. The molecular formula is C27H48I2NNaO10S. The van der Waals surface area contributed by atoms with Gasteiger partial charge in [-0.05, 0) is 75.0 Å². The number of hydrogen-bond acceptors (Lipinski definition) is 11. The second-order valence-electron chi connectivity index (χ2n) is 7.69. The number of aliphatic hydroxyl groups excluding tert-OH is 2. The molecule has 0 aliphatic rings. The first-order valence-electron chi connectivity index (χ1n) is 12.9. The molecule has 42 heavy (non-hydrogen) atoms. The summed E-state index contributed by atoms with van der Waals surface area (Å²) in [5, 5.41) is 16.2. The first-order valence-corrected chi connectivity index (χ1v) is 15.9. The van der Waals surface area contributed by atoms with E-state index in [1.54, 1.807) is 12.1 Å². The second kappa shape index (κ2) is 47.9. The number of aldehydes is 3. The number of carbonyl (C=O) groups excluding carboxylic acids is 4. The van der Waals surface area contributed by atoms with Gasteiger partial charge in [0.25, 0.3) is 16.6 Å². The van der Waals surface area contributed by atoms with Crippen LogP contribution in [0.4, 0.5) is 0 Å². The first-order chi connectivity index (χ1) is 19.2. The van der Waals surface area contributed by atoms with Gasteiger partial charge in [-0.2, -0.15) is 8.42 Å². The summed E-state index contributed by atoms with van der Waals surface area (Å²) in [6, 6.07) is 6.50. The monoisotopic (exact) mass is 855 g/mol. The normalized spacial score (nSPS) is 9.00. The van der Waals surface area contributed by atoms with Crippen LogP contribution in [0, 0.1) is 6.92 Å². The van der Waals surface area contributed by atoms with Gasteiger partial charge in [0.15, 0.2) is 0 Å². The van der Waals surface area contributed by atoms with Gasteiger partial charge in [-0.3, -0.25) is 8.98 Å². The molecule has 4 N–H and O–H groups in total. The third-order valence-corrected chi connectivity index (χ3v) is 6.25. The Morgan fingerprint density at radius 1 is 0.810 bits per heavy atom. The molecule has 11 nitrogen and oxygen atoms in total. The largest absolute Gasteiger partial charge is 1.00 e. The van der Waals surface area contributed by atoms with Crippen LogP contribution in [0.5, 0.6) is 0 Å². The topological polar surface area (TPSA) is 187 Å². The Labute approximate surface area is 305 Å². The zero-order chi connectivity index (χ0) is 31.3. The fourth-order valence-electron chi connectivity index (χ4n) is 2.02. The van der Waals surface area contributed by atoms with Crippen molar-refractivity contribution in [2.45, 2.75) is 76.0 Å². The molecule has 0 fully saturated rings. The average molecular weight is 856 g/mol. The van der Waals surface area contributed by atoms with E-state index in [1.807, 2.05) is 6.92 Å². The molecule has 242 valence electrons. The van der Waals surface area contributed by atoms with Crippen LogP contribution in [0.1, 0.15) is 69.8 Å². The van der Waals surface area contributed by atoms with Crippen LogP contribution in [0.25, 0.3) is 0 Å². The quantitative estimate of drug-likeness (QED) is 0.0350. The minimum absolute atomic E-state index is 0. The number of carbonyl (C=O) groups is 4. The van der Waals surface area contributed by atoms with Gasteiger partial charge in [0.2, 0.25) is 0 Å². The Balaban J connectivity index is -0.000000109. The molecule has 15 heteroatoms. The molecule has 1 aromatic carbocycles. The molecule has 0 aliphatic heterocycles. The van der Waals surface area contributed by atoms with Crippen molar-refractivity contribution in [3.05, 3.63) is 29.8 Å². The molecule has 0 saturated carbocycles. The maximum absolute atomic E-state index is 11.7. The molecule has 0 spiro atoms. The van der Waals surface area contributed by atoms with Gasteiger partial charge in [0.05, 0.1) is 18.6 Å². The smallest absolute Gasteiger partial charge is 1.00 e. The van der Waals surface area contributed by atoms with Crippen molar-refractivity contribution in [3.8, 4) is 0 Å². The van der Waals surface area contributed by atoms with Crippen molar-refractivity contribution in [2.24, 2.45) is 5.73 Å². The van der Waals surface area contributed by atoms with Crippen LogP contribution in [-0.4, -0.2) is 81.9 Å².